The number of nitrogens with one attached hydrogen (secondary N) is 1. The van der Waals surface area contributed by atoms with E-state index in [1.165, 1.54) is 0 Å². The highest BCUT2D eigenvalue weighted by molar-refractivity contribution is 5.96. The van der Waals surface area contributed by atoms with E-state index in [9.17, 15) is 4.79 Å². The maximum absolute atomic E-state index is 12.4. The van der Waals surface area contributed by atoms with Crippen molar-refractivity contribution in [3.05, 3.63) is 65.2 Å². The molecule has 0 fully saturated rings. The Morgan fingerprint density at radius 2 is 1.71 bits per heavy atom. The van der Waals surface area contributed by atoms with Gasteiger partial charge in [-0.2, -0.15) is 5.10 Å². The number of benzene rings is 2. The SMILES string of the molecule is CCCCCC(/C=N\NC(=O)c1cc(OC)cc(OC)c1)=C\c1ccccc1. The predicted molar refractivity (Wildman–Crippen MR) is 114 cm³/mol. The van der Waals surface area contributed by atoms with Gasteiger partial charge in [0.25, 0.3) is 5.91 Å². The molecule has 0 aliphatic rings. The summed E-state index contributed by atoms with van der Waals surface area (Å²) in [7, 11) is 3.09. The van der Waals surface area contributed by atoms with Gasteiger partial charge in [-0.3, -0.25) is 4.79 Å². The molecule has 28 heavy (non-hydrogen) atoms. The Hall–Kier alpha value is -3.08. The minimum absolute atomic E-state index is 0.318. The summed E-state index contributed by atoms with van der Waals surface area (Å²) in [4.78, 5) is 12.4. The Morgan fingerprint density at radius 1 is 1.04 bits per heavy atom. The Morgan fingerprint density at radius 3 is 2.32 bits per heavy atom. The van der Waals surface area contributed by atoms with Gasteiger partial charge in [0.05, 0.1) is 20.4 Å². The number of rotatable bonds is 10. The number of hydrogen-bond acceptors (Lipinski definition) is 4. The normalized spacial score (nSPS) is 11.5. The average Bonchev–Trinajstić information content (AvgIpc) is 2.73. The molecule has 0 saturated heterocycles. The van der Waals surface area contributed by atoms with E-state index in [2.05, 4.69) is 35.7 Å². The fourth-order valence-corrected chi connectivity index (χ4v) is 2.69. The van der Waals surface area contributed by atoms with Gasteiger partial charge in [-0.25, -0.2) is 5.43 Å². The van der Waals surface area contributed by atoms with Crippen LogP contribution in [0.15, 0.2) is 59.2 Å². The van der Waals surface area contributed by atoms with Crippen molar-refractivity contribution < 1.29 is 14.3 Å². The highest BCUT2D eigenvalue weighted by atomic mass is 16.5. The minimum atomic E-state index is -0.318. The fraction of sp³-hybridized carbons (Fsp3) is 0.304. The van der Waals surface area contributed by atoms with E-state index in [1.807, 2.05) is 18.2 Å². The van der Waals surface area contributed by atoms with Gasteiger partial charge in [-0.05, 0) is 36.1 Å². The van der Waals surface area contributed by atoms with Crippen LogP contribution in [0.1, 0.15) is 48.5 Å². The summed E-state index contributed by atoms with van der Waals surface area (Å²) in [5.41, 5.74) is 5.20. The Bertz CT molecular complexity index is 792. The van der Waals surface area contributed by atoms with Crippen molar-refractivity contribution in [2.45, 2.75) is 32.6 Å². The van der Waals surface area contributed by atoms with Crippen LogP contribution in [0.2, 0.25) is 0 Å². The second-order valence-corrected chi connectivity index (χ2v) is 6.39. The molecular formula is C23H28N2O3. The third-order valence-electron chi connectivity index (χ3n) is 4.23. The van der Waals surface area contributed by atoms with Crippen molar-refractivity contribution in [3.8, 4) is 11.5 Å². The van der Waals surface area contributed by atoms with E-state index in [0.29, 0.717) is 17.1 Å². The van der Waals surface area contributed by atoms with Gasteiger partial charge in [-0.1, -0.05) is 56.2 Å². The fourth-order valence-electron chi connectivity index (χ4n) is 2.69. The van der Waals surface area contributed by atoms with Crippen molar-refractivity contribution >= 4 is 18.2 Å². The molecule has 0 saturated carbocycles. The van der Waals surface area contributed by atoms with Crippen molar-refractivity contribution in [2.75, 3.05) is 14.2 Å². The molecule has 0 spiro atoms. The number of hydrazone groups is 1. The number of ether oxygens (including phenoxy) is 2. The molecule has 0 unspecified atom stereocenters. The summed E-state index contributed by atoms with van der Waals surface area (Å²) < 4.78 is 10.4. The molecule has 0 aliphatic heterocycles. The number of unbranched alkanes of at least 4 members (excludes halogenated alkanes) is 2. The minimum Gasteiger partial charge on any atom is -0.497 e. The molecule has 0 heterocycles. The van der Waals surface area contributed by atoms with Crippen LogP contribution in [-0.2, 0) is 0 Å². The highest BCUT2D eigenvalue weighted by Crippen LogP contribution is 2.22. The highest BCUT2D eigenvalue weighted by Gasteiger charge is 2.09. The van der Waals surface area contributed by atoms with Crippen LogP contribution in [-0.4, -0.2) is 26.3 Å². The monoisotopic (exact) mass is 380 g/mol. The van der Waals surface area contributed by atoms with Gasteiger partial charge < -0.3 is 9.47 Å². The lowest BCUT2D eigenvalue weighted by Crippen LogP contribution is -2.17. The molecule has 2 aromatic carbocycles. The maximum Gasteiger partial charge on any atom is 0.271 e. The number of hydrogen-bond donors (Lipinski definition) is 1. The Labute approximate surface area is 167 Å². The molecule has 148 valence electrons. The van der Waals surface area contributed by atoms with Gasteiger partial charge in [0, 0.05) is 11.6 Å². The number of nitrogens with zero attached hydrogens (tertiary/aromatic N) is 1. The molecule has 5 nitrogen and oxygen atoms in total. The number of amides is 1. The quantitative estimate of drug-likeness (QED) is 0.355. The Kier molecular flexibility index (Phi) is 8.79. The van der Waals surface area contributed by atoms with Gasteiger partial charge in [0.2, 0.25) is 0 Å². The van der Waals surface area contributed by atoms with Gasteiger partial charge >= 0.3 is 0 Å². The molecule has 2 aromatic rings. The number of allylic oxidation sites excluding steroid dienone is 1. The van der Waals surface area contributed by atoms with Crippen LogP contribution in [0, 0.1) is 0 Å². The van der Waals surface area contributed by atoms with Crippen LogP contribution in [0.5, 0.6) is 11.5 Å². The zero-order chi connectivity index (χ0) is 20.2. The molecular weight excluding hydrogens is 352 g/mol. The molecule has 1 N–H and O–H groups in total. The zero-order valence-corrected chi connectivity index (χ0v) is 16.8. The van der Waals surface area contributed by atoms with E-state index in [0.717, 1.165) is 36.8 Å². The lowest BCUT2D eigenvalue weighted by Gasteiger charge is -2.07. The van der Waals surface area contributed by atoms with E-state index in [1.54, 1.807) is 38.6 Å². The molecule has 1 amide bonds. The van der Waals surface area contributed by atoms with Crippen LogP contribution in [0.3, 0.4) is 0 Å². The van der Waals surface area contributed by atoms with Crippen LogP contribution in [0.25, 0.3) is 6.08 Å². The molecule has 0 radical (unpaired) electrons. The lowest BCUT2D eigenvalue weighted by atomic mass is 10.1. The summed E-state index contributed by atoms with van der Waals surface area (Å²) in [6, 6.07) is 15.1. The summed E-state index contributed by atoms with van der Waals surface area (Å²) in [5.74, 6) is 0.788. The van der Waals surface area contributed by atoms with Crippen LogP contribution in [0.4, 0.5) is 0 Å². The topological polar surface area (TPSA) is 59.9 Å². The first-order valence-electron chi connectivity index (χ1n) is 9.48. The maximum atomic E-state index is 12.4. The first-order chi connectivity index (χ1) is 13.7. The third kappa shape index (κ3) is 6.91. The van der Waals surface area contributed by atoms with E-state index in [-0.39, 0.29) is 5.91 Å². The first-order valence-corrected chi connectivity index (χ1v) is 9.48. The number of methoxy groups -OCH3 is 2. The second kappa shape index (κ2) is 11.6. The molecule has 5 heteroatoms. The number of carbonyl (C=O) groups is 1. The van der Waals surface area contributed by atoms with Crippen molar-refractivity contribution in [3.63, 3.8) is 0 Å². The number of carbonyl (C=O) groups excluding carboxylic acids is 1. The molecule has 2 rings (SSSR count). The van der Waals surface area contributed by atoms with Crippen LogP contribution >= 0.6 is 0 Å². The lowest BCUT2D eigenvalue weighted by molar-refractivity contribution is 0.0954. The third-order valence-corrected chi connectivity index (χ3v) is 4.23. The van der Waals surface area contributed by atoms with E-state index < -0.39 is 0 Å². The van der Waals surface area contributed by atoms with Crippen molar-refractivity contribution in [1.82, 2.24) is 5.43 Å². The second-order valence-electron chi connectivity index (χ2n) is 6.39. The van der Waals surface area contributed by atoms with E-state index in [4.69, 9.17) is 9.47 Å². The van der Waals surface area contributed by atoms with Crippen LogP contribution < -0.4 is 14.9 Å². The van der Waals surface area contributed by atoms with E-state index >= 15 is 0 Å². The standard InChI is InChI=1S/C23H28N2O3/c1-4-5-7-12-19(13-18-10-8-6-9-11-18)17-24-25-23(26)20-14-21(27-2)16-22(15-20)28-3/h6,8-11,13-17H,4-5,7,12H2,1-3H3,(H,25,26)/b19-13+,24-17-. The summed E-state index contributed by atoms with van der Waals surface area (Å²) in [6.45, 7) is 2.18. The van der Waals surface area contributed by atoms with Gasteiger partial charge in [-0.15, -0.1) is 0 Å². The molecule has 0 aliphatic carbocycles. The Balaban J connectivity index is 2.09. The first kappa shape index (κ1) is 21.2. The summed E-state index contributed by atoms with van der Waals surface area (Å²) >= 11 is 0. The largest absolute Gasteiger partial charge is 0.497 e. The van der Waals surface area contributed by atoms with Crippen molar-refractivity contribution in [1.29, 1.82) is 0 Å². The summed E-state index contributed by atoms with van der Waals surface area (Å²) in [6.07, 6.45) is 8.13. The average molecular weight is 380 g/mol. The summed E-state index contributed by atoms with van der Waals surface area (Å²) in [5, 5.41) is 4.16. The molecule has 0 atom stereocenters. The van der Waals surface area contributed by atoms with Gasteiger partial charge in [0.1, 0.15) is 11.5 Å². The molecule has 0 bridgehead atoms. The van der Waals surface area contributed by atoms with Gasteiger partial charge in [0.15, 0.2) is 0 Å². The zero-order valence-electron chi connectivity index (χ0n) is 16.8. The predicted octanol–water partition coefficient (Wildman–Crippen LogP) is 5.08. The smallest absolute Gasteiger partial charge is 0.271 e. The molecule has 0 aromatic heterocycles. The van der Waals surface area contributed by atoms with Crippen molar-refractivity contribution in [2.24, 2.45) is 5.10 Å².